The minimum absolute atomic E-state index is 0.102. The molecule has 20 heavy (non-hydrogen) atoms. The minimum atomic E-state index is -0.963. The summed E-state index contributed by atoms with van der Waals surface area (Å²) in [4.78, 5) is 24.8. The molecule has 0 spiro atoms. The lowest BCUT2D eigenvalue weighted by Crippen LogP contribution is -2.41. The van der Waals surface area contributed by atoms with Crippen LogP contribution in [0.25, 0.3) is 0 Å². The smallest absolute Gasteiger partial charge is 0.323 e. The molecule has 1 aromatic carbocycles. The van der Waals surface area contributed by atoms with Crippen molar-refractivity contribution in [2.45, 2.75) is 32.2 Å². The number of carboxylic acids is 1. The van der Waals surface area contributed by atoms with Crippen LogP contribution in [-0.4, -0.2) is 34.5 Å². The molecule has 1 amide bonds. The first kappa shape index (κ1) is 14.9. The molecule has 0 aromatic heterocycles. The van der Waals surface area contributed by atoms with Crippen molar-refractivity contribution < 1.29 is 14.7 Å². The molecule has 1 aliphatic rings. The Balaban J connectivity index is 2.03. The molecule has 1 unspecified atom stereocenters. The Labute approximate surface area is 123 Å². The summed E-state index contributed by atoms with van der Waals surface area (Å²) in [7, 11) is 0. The Hall–Kier alpha value is -1.55. The average Bonchev–Trinajstić information content (AvgIpc) is 3.22. The van der Waals surface area contributed by atoms with Gasteiger partial charge in [0.15, 0.2) is 0 Å². The van der Waals surface area contributed by atoms with Gasteiger partial charge >= 0.3 is 5.97 Å². The first-order valence-electron chi connectivity index (χ1n) is 6.74. The van der Waals surface area contributed by atoms with Crippen LogP contribution in [-0.2, 0) is 16.0 Å². The standard InChI is InChI=1S/C15H18ClNO3/c1-10(8-11-4-2-3-5-13(11)16)15(20)17(9-14(18)19)12-6-7-12/h2-5,10,12H,6-9H2,1H3,(H,18,19). The quantitative estimate of drug-likeness (QED) is 0.877. The molecule has 1 atom stereocenters. The van der Waals surface area contributed by atoms with Gasteiger partial charge in [0, 0.05) is 17.0 Å². The summed E-state index contributed by atoms with van der Waals surface area (Å²) in [6.07, 6.45) is 2.33. The van der Waals surface area contributed by atoms with E-state index in [1.165, 1.54) is 4.90 Å². The van der Waals surface area contributed by atoms with Crippen LogP contribution in [0.2, 0.25) is 5.02 Å². The number of rotatable bonds is 6. The second-order valence-electron chi connectivity index (χ2n) is 5.29. The zero-order chi connectivity index (χ0) is 14.7. The molecule has 0 aliphatic heterocycles. The molecule has 1 fully saturated rings. The maximum absolute atomic E-state index is 12.4. The summed E-state index contributed by atoms with van der Waals surface area (Å²) in [5.41, 5.74) is 0.918. The molecule has 2 rings (SSSR count). The summed E-state index contributed by atoms with van der Waals surface area (Å²) in [6.45, 7) is 1.61. The van der Waals surface area contributed by atoms with Crippen LogP contribution in [0.3, 0.4) is 0 Å². The van der Waals surface area contributed by atoms with E-state index in [0.29, 0.717) is 11.4 Å². The van der Waals surface area contributed by atoms with E-state index in [1.54, 1.807) is 6.07 Å². The Kier molecular flexibility index (Phi) is 4.65. The predicted octanol–water partition coefficient (Wildman–Crippen LogP) is 2.59. The van der Waals surface area contributed by atoms with Crippen LogP contribution in [0.5, 0.6) is 0 Å². The van der Waals surface area contributed by atoms with Crippen molar-refractivity contribution in [2.75, 3.05) is 6.54 Å². The molecule has 1 aromatic rings. The van der Waals surface area contributed by atoms with Gasteiger partial charge in [-0.3, -0.25) is 9.59 Å². The van der Waals surface area contributed by atoms with Crippen molar-refractivity contribution in [1.29, 1.82) is 0 Å². The lowest BCUT2D eigenvalue weighted by atomic mass is 9.99. The molecule has 0 radical (unpaired) electrons. The largest absolute Gasteiger partial charge is 0.480 e. The normalized spacial score (nSPS) is 15.7. The number of hydrogen-bond donors (Lipinski definition) is 1. The fraction of sp³-hybridized carbons (Fsp3) is 0.467. The maximum atomic E-state index is 12.4. The molecule has 0 heterocycles. The van der Waals surface area contributed by atoms with Crippen molar-refractivity contribution in [2.24, 2.45) is 5.92 Å². The maximum Gasteiger partial charge on any atom is 0.323 e. The second-order valence-corrected chi connectivity index (χ2v) is 5.69. The summed E-state index contributed by atoms with van der Waals surface area (Å²) < 4.78 is 0. The third kappa shape index (κ3) is 3.73. The van der Waals surface area contributed by atoms with Gasteiger partial charge < -0.3 is 10.0 Å². The summed E-state index contributed by atoms with van der Waals surface area (Å²) in [6, 6.07) is 7.52. The van der Waals surface area contributed by atoms with Gasteiger partial charge in [0.2, 0.25) is 5.91 Å². The van der Waals surface area contributed by atoms with E-state index in [4.69, 9.17) is 16.7 Å². The fourth-order valence-corrected chi connectivity index (χ4v) is 2.50. The molecular weight excluding hydrogens is 278 g/mol. The molecule has 5 heteroatoms. The number of carboxylic acid groups (broad SMARTS) is 1. The van der Waals surface area contributed by atoms with Crippen LogP contribution in [0.4, 0.5) is 0 Å². The van der Waals surface area contributed by atoms with Crippen LogP contribution in [0.1, 0.15) is 25.3 Å². The van der Waals surface area contributed by atoms with E-state index >= 15 is 0 Å². The topological polar surface area (TPSA) is 57.6 Å². The van der Waals surface area contributed by atoms with Crippen molar-refractivity contribution in [3.63, 3.8) is 0 Å². The number of halogens is 1. The number of hydrogen-bond acceptors (Lipinski definition) is 2. The van der Waals surface area contributed by atoms with E-state index in [1.807, 2.05) is 25.1 Å². The van der Waals surface area contributed by atoms with Crippen LogP contribution in [0, 0.1) is 5.92 Å². The summed E-state index contributed by atoms with van der Waals surface area (Å²) >= 11 is 6.09. The number of carbonyl (C=O) groups is 2. The Bertz CT molecular complexity index is 514. The van der Waals surface area contributed by atoms with Crippen molar-refractivity contribution in [1.82, 2.24) is 4.90 Å². The Morgan fingerprint density at radius 3 is 2.60 bits per heavy atom. The van der Waals surface area contributed by atoms with Gasteiger partial charge in [0.05, 0.1) is 0 Å². The number of carbonyl (C=O) groups excluding carboxylic acids is 1. The van der Waals surface area contributed by atoms with E-state index < -0.39 is 5.97 Å². The molecule has 1 saturated carbocycles. The van der Waals surface area contributed by atoms with Gasteiger partial charge in [-0.05, 0) is 30.9 Å². The zero-order valence-electron chi connectivity index (χ0n) is 11.4. The fourth-order valence-electron chi connectivity index (χ4n) is 2.28. The van der Waals surface area contributed by atoms with Gasteiger partial charge in [0.25, 0.3) is 0 Å². The number of aliphatic carboxylic acids is 1. The van der Waals surface area contributed by atoms with Crippen molar-refractivity contribution in [3.8, 4) is 0 Å². The molecular formula is C15H18ClNO3. The summed E-state index contributed by atoms with van der Waals surface area (Å²) in [5.74, 6) is -1.33. The molecule has 0 saturated heterocycles. The van der Waals surface area contributed by atoms with Crippen LogP contribution >= 0.6 is 11.6 Å². The molecule has 1 N–H and O–H groups in total. The van der Waals surface area contributed by atoms with E-state index in [9.17, 15) is 9.59 Å². The van der Waals surface area contributed by atoms with Crippen molar-refractivity contribution >= 4 is 23.5 Å². The van der Waals surface area contributed by atoms with Gasteiger partial charge in [-0.25, -0.2) is 0 Å². The van der Waals surface area contributed by atoms with Crippen LogP contribution in [0.15, 0.2) is 24.3 Å². The zero-order valence-corrected chi connectivity index (χ0v) is 12.1. The second kappa shape index (κ2) is 6.27. The molecule has 4 nitrogen and oxygen atoms in total. The van der Waals surface area contributed by atoms with E-state index in [0.717, 1.165) is 18.4 Å². The van der Waals surface area contributed by atoms with E-state index in [-0.39, 0.29) is 24.4 Å². The summed E-state index contributed by atoms with van der Waals surface area (Å²) in [5, 5.41) is 9.55. The predicted molar refractivity (Wildman–Crippen MR) is 76.7 cm³/mol. The van der Waals surface area contributed by atoms with Gasteiger partial charge in [-0.1, -0.05) is 36.7 Å². The third-order valence-corrected chi connectivity index (χ3v) is 3.85. The van der Waals surface area contributed by atoms with Crippen molar-refractivity contribution in [3.05, 3.63) is 34.9 Å². The Morgan fingerprint density at radius 1 is 1.40 bits per heavy atom. The lowest BCUT2D eigenvalue weighted by molar-refractivity contribution is -0.146. The highest BCUT2D eigenvalue weighted by Crippen LogP contribution is 2.29. The molecule has 0 bridgehead atoms. The van der Waals surface area contributed by atoms with E-state index in [2.05, 4.69) is 0 Å². The average molecular weight is 296 g/mol. The number of benzene rings is 1. The highest BCUT2D eigenvalue weighted by molar-refractivity contribution is 6.31. The van der Waals surface area contributed by atoms with Gasteiger partial charge in [-0.2, -0.15) is 0 Å². The first-order valence-corrected chi connectivity index (χ1v) is 7.12. The van der Waals surface area contributed by atoms with Crippen LogP contribution < -0.4 is 0 Å². The molecule has 1 aliphatic carbocycles. The van der Waals surface area contributed by atoms with Gasteiger partial charge in [-0.15, -0.1) is 0 Å². The van der Waals surface area contributed by atoms with Gasteiger partial charge in [0.1, 0.15) is 6.54 Å². The highest BCUT2D eigenvalue weighted by Gasteiger charge is 2.35. The lowest BCUT2D eigenvalue weighted by Gasteiger charge is -2.24. The monoisotopic (exact) mass is 295 g/mol. The minimum Gasteiger partial charge on any atom is -0.480 e. The molecule has 108 valence electrons. The number of nitrogens with zero attached hydrogens (tertiary/aromatic N) is 1. The number of amides is 1. The Morgan fingerprint density at radius 2 is 2.05 bits per heavy atom. The SMILES string of the molecule is CC(Cc1ccccc1Cl)C(=O)N(CC(=O)O)C1CC1. The highest BCUT2D eigenvalue weighted by atomic mass is 35.5. The third-order valence-electron chi connectivity index (χ3n) is 3.48. The first-order chi connectivity index (χ1) is 9.49.